The molecule has 0 bridgehead atoms. The highest BCUT2D eigenvalue weighted by molar-refractivity contribution is 6.20. The van der Waals surface area contributed by atoms with Crippen LogP contribution in [-0.4, -0.2) is 53.3 Å². The average molecular weight is 575 g/mol. The van der Waals surface area contributed by atoms with E-state index >= 15 is 0 Å². The molecular weight excluding hydrogens is 548 g/mol. The summed E-state index contributed by atoms with van der Waals surface area (Å²) < 4.78 is 28.4. The molecule has 0 aliphatic carbocycles. The molecule has 11 heteroatoms. The van der Waals surface area contributed by atoms with E-state index in [0.717, 1.165) is 0 Å². The molecule has 6 rings (SSSR count). The molecule has 4 N–H and O–H groups in total. The minimum absolute atomic E-state index is 0.00419. The van der Waals surface area contributed by atoms with Crippen LogP contribution in [0.1, 0.15) is 29.5 Å². The van der Waals surface area contributed by atoms with E-state index in [1.165, 1.54) is 52.5 Å². The summed E-state index contributed by atoms with van der Waals surface area (Å²) in [4.78, 5) is 26.2. The van der Waals surface area contributed by atoms with E-state index in [0.29, 0.717) is 5.75 Å². The highest BCUT2D eigenvalue weighted by Crippen LogP contribution is 2.55. The van der Waals surface area contributed by atoms with Crippen molar-refractivity contribution in [3.05, 3.63) is 51.9 Å². The molecule has 4 aromatic carbocycles. The van der Waals surface area contributed by atoms with E-state index in [1.807, 2.05) is 0 Å². The van der Waals surface area contributed by atoms with Gasteiger partial charge in [0.05, 0.1) is 44.1 Å². The van der Waals surface area contributed by atoms with Crippen LogP contribution >= 0.6 is 0 Å². The van der Waals surface area contributed by atoms with Gasteiger partial charge in [-0.15, -0.1) is 0 Å². The standard InChI is InChI=1S/C31H26O11/c1-12-6-16(32)26-28(36)22-15(9-14(38-3)10-19(22)39-4)23(30(26)41-12)25-17(33)7-13-8-20-24(18(34)11-31(2,37)42-20)27(35)21(13)29(25)40-5/h6-10,33,35-37H,11H2,1-5H3/t31-/m0/s1. The Morgan fingerprint density at radius 1 is 0.833 bits per heavy atom. The number of rotatable bonds is 4. The van der Waals surface area contributed by atoms with Crippen molar-refractivity contribution < 1.29 is 48.6 Å². The fourth-order valence-electron chi connectivity index (χ4n) is 5.75. The number of aromatic hydroxyl groups is 3. The normalized spacial score (nSPS) is 16.5. The number of ether oxygens (including phenoxy) is 4. The average Bonchev–Trinajstić information content (AvgIpc) is 2.91. The Hall–Kier alpha value is -5.16. The maximum atomic E-state index is 13.2. The van der Waals surface area contributed by atoms with Crippen molar-refractivity contribution in [2.24, 2.45) is 0 Å². The Bertz CT molecular complexity index is 2050. The van der Waals surface area contributed by atoms with Crippen LogP contribution in [0.2, 0.25) is 0 Å². The molecule has 42 heavy (non-hydrogen) atoms. The molecule has 0 amide bonds. The van der Waals surface area contributed by atoms with E-state index in [4.69, 9.17) is 23.4 Å². The number of phenols is 3. The van der Waals surface area contributed by atoms with E-state index in [9.17, 15) is 30.0 Å². The molecule has 0 spiro atoms. The van der Waals surface area contributed by atoms with Crippen LogP contribution in [0, 0.1) is 6.92 Å². The van der Waals surface area contributed by atoms with Gasteiger partial charge in [-0.2, -0.15) is 0 Å². The predicted octanol–water partition coefficient (Wildman–Crippen LogP) is 4.89. The number of aliphatic hydroxyl groups is 1. The van der Waals surface area contributed by atoms with E-state index in [-0.39, 0.29) is 78.0 Å². The van der Waals surface area contributed by atoms with Gasteiger partial charge in [-0.3, -0.25) is 9.59 Å². The second-order valence-electron chi connectivity index (χ2n) is 10.3. The first-order valence-corrected chi connectivity index (χ1v) is 12.8. The summed E-state index contributed by atoms with van der Waals surface area (Å²) in [6.45, 7) is 2.89. The summed E-state index contributed by atoms with van der Waals surface area (Å²) >= 11 is 0. The Morgan fingerprint density at radius 3 is 2.24 bits per heavy atom. The molecule has 1 aliphatic heterocycles. The third-order valence-electron chi connectivity index (χ3n) is 7.42. The smallest absolute Gasteiger partial charge is 0.212 e. The summed E-state index contributed by atoms with van der Waals surface area (Å²) in [5.74, 6) is -2.97. The van der Waals surface area contributed by atoms with Gasteiger partial charge in [0.15, 0.2) is 16.8 Å². The van der Waals surface area contributed by atoms with E-state index < -0.39 is 34.9 Å². The van der Waals surface area contributed by atoms with Crippen molar-refractivity contribution >= 4 is 38.3 Å². The lowest BCUT2D eigenvalue weighted by Gasteiger charge is -2.31. The number of carbonyl (C=O) groups is 1. The Morgan fingerprint density at radius 2 is 1.57 bits per heavy atom. The number of benzene rings is 4. The molecule has 0 radical (unpaired) electrons. The number of phenolic OH excluding ortho intramolecular Hbond substituents is 3. The highest BCUT2D eigenvalue weighted by Gasteiger charge is 2.38. The van der Waals surface area contributed by atoms with Crippen molar-refractivity contribution in [1.29, 1.82) is 0 Å². The fourth-order valence-corrected chi connectivity index (χ4v) is 5.75. The zero-order chi connectivity index (χ0) is 30.2. The van der Waals surface area contributed by atoms with Gasteiger partial charge in [0, 0.05) is 30.0 Å². The first-order valence-electron chi connectivity index (χ1n) is 12.8. The number of hydrogen-bond acceptors (Lipinski definition) is 11. The predicted molar refractivity (Wildman–Crippen MR) is 153 cm³/mol. The van der Waals surface area contributed by atoms with Gasteiger partial charge in [-0.1, -0.05) is 0 Å². The van der Waals surface area contributed by atoms with Gasteiger partial charge >= 0.3 is 0 Å². The van der Waals surface area contributed by atoms with Gasteiger partial charge in [0.2, 0.25) is 5.79 Å². The molecule has 216 valence electrons. The number of fused-ring (bicyclic) bond motifs is 4. The number of carbonyl (C=O) groups excluding carboxylic acids is 1. The molecule has 0 saturated heterocycles. The van der Waals surface area contributed by atoms with Gasteiger partial charge in [-0.05, 0) is 30.5 Å². The first-order chi connectivity index (χ1) is 19.9. The Balaban J connectivity index is 1.86. The minimum atomic E-state index is -1.78. The lowest BCUT2D eigenvalue weighted by atomic mass is 9.89. The summed E-state index contributed by atoms with van der Waals surface area (Å²) in [7, 11) is 4.14. The van der Waals surface area contributed by atoms with Crippen molar-refractivity contribution in [1.82, 2.24) is 0 Å². The Kier molecular flexibility index (Phi) is 5.91. The summed E-state index contributed by atoms with van der Waals surface area (Å²) in [5, 5.41) is 45.2. The van der Waals surface area contributed by atoms with Crippen LogP contribution < -0.4 is 24.4 Å². The molecule has 0 unspecified atom stereocenters. The quantitative estimate of drug-likeness (QED) is 0.216. The zero-order valence-corrected chi connectivity index (χ0v) is 23.2. The molecule has 11 nitrogen and oxygen atoms in total. The van der Waals surface area contributed by atoms with Crippen LogP contribution in [0.3, 0.4) is 0 Å². The topological polar surface area (TPSA) is 165 Å². The number of Topliss-reactive ketones (excluding diaryl/α,β-unsaturated/α-hetero) is 1. The SMILES string of the molecule is COc1cc(OC)c2c(O)c3c(=O)cc(C)oc3c(-c3c(O)cc4cc5c(c(O)c4c3OC)C(=O)C[C@@](C)(O)O5)c2c1. The lowest BCUT2D eigenvalue weighted by molar-refractivity contribution is -0.123. The zero-order valence-electron chi connectivity index (χ0n) is 23.2. The molecule has 5 aromatic rings. The number of methoxy groups -OCH3 is 3. The second kappa shape index (κ2) is 9.18. The van der Waals surface area contributed by atoms with Crippen LogP contribution in [-0.2, 0) is 0 Å². The molecule has 1 aliphatic rings. The minimum Gasteiger partial charge on any atom is -0.507 e. The second-order valence-corrected chi connectivity index (χ2v) is 10.3. The molecule has 0 saturated carbocycles. The lowest BCUT2D eigenvalue weighted by Crippen LogP contribution is -2.38. The van der Waals surface area contributed by atoms with Gasteiger partial charge < -0.3 is 43.8 Å². The van der Waals surface area contributed by atoms with Gasteiger partial charge in [0.25, 0.3) is 0 Å². The van der Waals surface area contributed by atoms with Crippen LogP contribution in [0.15, 0.2) is 39.5 Å². The van der Waals surface area contributed by atoms with Crippen molar-refractivity contribution in [3.8, 4) is 51.4 Å². The maximum absolute atomic E-state index is 13.2. The van der Waals surface area contributed by atoms with Gasteiger partial charge in [0.1, 0.15) is 57.0 Å². The third kappa shape index (κ3) is 3.77. The largest absolute Gasteiger partial charge is 0.507 e. The van der Waals surface area contributed by atoms with E-state index in [2.05, 4.69) is 0 Å². The molecular formula is C31H26O11. The first kappa shape index (κ1) is 27.0. The van der Waals surface area contributed by atoms with Crippen LogP contribution in [0.5, 0.6) is 40.2 Å². The van der Waals surface area contributed by atoms with Crippen molar-refractivity contribution in [2.45, 2.75) is 26.1 Å². The fraction of sp³-hybridized carbons (Fsp3) is 0.226. The number of ketones is 1. The van der Waals surface area contributed by atoms with Crippen LogP contribution in [0.25, 0.3) is 43.6 Å². The number of aryl methyl sites for hydroxylation is 1. The Labute approximate surface area is 237 Å². The monoisotopic (exact) mass is 574 g/mol. The summed E-state index contributed by atoms with van der Waals surface area (Å²) in [6.07, 6.45) is -0.399. The highest BCUT2D eigenvalue weighted by atomic mass is 16.6. The summed E-state index contributed by atoms with van der Waals surface area (Å²) in [5.41, 5.74) is -0.639. The van der Waals surface area contributed by atoms with Crippen molar-refractivity contribution in [2.75, 3.05) is 21.3 Å². The van der Waals surface area contributed by atoms with E-state index in [1.54, 1.807) is 13.0 Å². The molecule has 2 heterocycles. The van der Waals surface area contributed by atoms with Crippen molar-refractivity contribution in [3.63, 3.8) is 0 Å². The molecule has 1 atom stereocenters. The summed E-state index contributed by atoms with van der Waals surface area (Å²) in [6, 6.07) is 7.06. The maximum Gasteiger partial charge on any atom is 0.212 e. The number of hydrogen-bond donors (Lipinski definition) is 4. The van der Waals surface area contributed by atoms with Gasteiger partial charge in [-0.25, -0.2) is 0 Å². The molecule has 1 aromatic heterocycles. The third-order valence-corrected chi connectivity index (χ3v) is 7.42. The molecule has 0 fully saturated rings. The van der Waals surface area contributed by atoms with Crippen LogP contribution in [0.4, 0.5) is 0 Å².